The summed E-state index contributed by atoms with van der Waals surface area (Å²) in [7, 11) is 0. The molecule has 0 bridgehead atoms. The van der Waals surface area contributed by atoms with Crippen LogP contribution in [0.3, 0.4) is 0 Å². The molecule has 0 aliphatic heterocycles. The van der Waals surface area contributed by atoms with Crippen molar-refractivity contribution in [3.05, 3.63) is 88.7 Å². The van der Waals surface area contributed by atoms with Crippen LogP contribution in [0.1, 0.15) is 33.4 Å². The van der Waals surface area contributed by atoms with Gasteiger partial charge in [-0.2, -0.15) is 0 Å². The number of aryl methyl sites for hydroxylation is 1. The number of benzene rings is 1. The Labute approximate surface area is 201 Å². The smallest absolute Gasteiger partial charge is 0.335 e. The van der Waals surface area contributed by atoms with E-state index in [4.69, 9.17) is 5.11 Å². The summed E-state index contributed by atoms with van der Waals surface area (Å²) < 4.78 is 0. The number of pyridine rings is 2. The lowest BCUT2D eigenvalue weighted by Gasteiger charge is -2.20. The normalized spacial score (nSPS) is 10.6. The number of hydrogen-bond acceptors (Lipinski definition) is 7. The number of rotatable bonds is 8. The Bertz CT molecular complexity index is 1320. The van der Waals surface area contributed by atoms with Crippen LogP contribution in [0.25, 0.3) is 10.6 Å². The molecule has 4 rings (SSSR count). The van der Waals surface area contributed by atoms with Crippen LogP contribution in [0.4, 0.5) is 11.6 Å². The third-order valence-electron chi connectivity index (χ3n) is 5.07. The highest BCUT2D eigenvalue weighted by Crippen LogP contribution is 2.27. The molecular formula is C25H23N5O3S. The third kappa shape index (κ3) is 5.81. The van der Waals surface area contributed by atoms with Crippen molar-refractivity contribution >= 4 is 34.8 Å². The molecule has 9 heteroatoms. The largest absolute Gasteiger partial charge is 0.478 e. The second-order valence-corrected chi connectivity index (χ2v) is 8.86. The summed E-state index contributed by atoms with van der Waals surface area (Å²) in [4.78, 5) is 39.3. The molecule has 4 aromatic rings. The average molecular weight is 474 g/mol. The molecule has 0 unspecified atom stereocenters. The van der Waals surface area contributed by atoms with E-state index in [1.807, 2.05) is 37.3 Å². The maximum Gasteiger partial charge on any atom is 0.335 e. The number of thiazole rings is 1. The van der Waals surface area contributed by atoms with Gasteiger partial charge in [0.05, 0.1) is 22.7 Å². The molecule has 0 atom stereocenters. The zero-order chi connectivity index (χ0) is 24.1. The zero-order valence-electron chi connectivity index (χ0n) is 18.7. The number of anilines is 2. The van der Waals surface area contributed by atoms with Gasteiger partial charge in [0.1, 0.15) is 16.6 Å². The number of carbonyl (C=O) groups is 2. The van der Waals surface area contributed by atoms with Gasteiger partial charge in [0.15, 0.2) is 0 Å². The van der Waals surface area contributed by atoms with Crippen LogP contribution in [0, 0.1) is 6.92 Å². The topological polar surface area (TPSA) is 108 Å². The minimum Gasteiger partial charge on any atom is -0.478 e. The van der Waals surface area contributed by atoms with Crippen molar-refractivity contribution < 1.29 is 14.7 Å². The molecule has 8 nitrogen and oxygen atoms in total. The number of amides is 1. The van der Waals surface area contributed by atoms with Gasteiger partial charge in [0, 0.05) is 25.9 Å². The molecule has 2 N–H and O–H groups in total. The van der Waals surface area contributed by atoms with Crippen LogP contribution in [-0.2, 0) is 17.9 Å². The van der Waals surface area contributed by atoms with Crippen LogP contribution in [0.2, 0.25) is 0 Å². The van der Waals surface area contributed by atoms with E-state index in [-0.39, 0.29) is 11.5 Å². The minimum absolute atomic E-state index is 0.0889. The fourth-order valence-corrected chi connectivity index (χ4v) is 4.20. The SMILES string of the molecule is CC(=O)N(Cc1ccc(C(=O)O)cc1)Cc1ncc(-c2cccc(Nc3cc(C)ccn3)n2)s1. The van der Waals surface area contributed by atoms with Crippen LogP contribution in [0.5, 0.6) is 0 Å². The number of carbonyl (C=O) groups excluding carboxylic acids is 1. The summed E-state index contributed by atoms with van der Waals surface area (Å²) in [6, 6.07) is 16.1. The first-order valence-electron chi connectivity index (χ1n) is 10.6. The van der Waals surface area contributed by atoms with Crippen molar-refractivity contribution in [1.82, 2.24) is 19.9 Å². The first-order valence-corrected chi connectivity index (χ1v) is 11.4. The summed E-state index contributed by atoms with van der Waals surface area (Å²) in [6.45, 7) is 4.23. The molecule has 172 valence electrons. The number of hydrogen-bond donors (Lipinski definition) is 2. The average Bonchev–Trinajstić information content (AvgIpc) is 3.28. The van der Waals surface area contributed by atoms with Gasteiger partial charge < -0.3 is 15.3 Å². The van der Waals surface area contributed by atoms with Crippen molar-refractivity contribution in [2.45, 2.75) is 26.9 Å². The van der Waals surface area contributed by atoms with Crippen molar-refractivity contribution in [3.8, 4) is 10.6 Å². The highest BCUT2D eigenvalue weighted by Gasteiger charge is 2.15. The Morgan fingerprint density at radius 2 is 1.82 bits per heavy atom. The molecule has 0 fully saturated rings. The molecule has 3 aromatic heterocycles. The van der Waals surface area contributed by atoms with Crippen LogP contribution in [0.15, 0.2) is 67.0 Å². The molecule has 0 radical (unpaired) electrons. The summed E-state index contributed by atoms with van der Waals surface area (Å²) in [5.41, 5.74) is 2.95. The number of aromatic carboxylic acids is 1. The van der Waals surface area contributed by atoms with Crippen molar-refractivity contribution in [2.24, 2.45) is 0 Å². The van der Waals surface area contributed by atoms with Crippen LogP contribution in [-0.4, -0.2) is 36.8 Å². The Balaban J connectivity index is 1.46. The van der Waals surface area contributed by atoms with Crippen molar-refractivity contribution in [2.75, 3.05) is 5.32 Å². The predicted molar refractivity (Wildman–Crippen MR) is 131 cm³/mol. The highest BCUT2D eigenvalue weighted by atomic mass is 32.1. The first-order chi connectivity index (χ1) is 16.4. The fraction of sp³-hybridized carbons (Fsp3) is 0.160. The first kappa shape index (κ1) is 23.1. The molecule has 0 saturated carbocycles. The Morgan fingerprint density at radius 3 is 2.53 bits per heavy atom. The molecule has 0 spiro atoms. The van der Waals surface area contributed by atoms with Gasteiger partial charge in [0.25, 0.3) is 0 Å². The number of carboxylic acids is 1. The van der Waals surface area contributed by atoms with Gasteiger partial charge in [0.2, 0.25) is 5.91 Å². The zero-order valence-corrected chi connectivity index (χ0v) is 19.5. The van der Waals surface area contributed by atoms with Crippen LogP contribution >= 0.6 is 11.3 Å². The Kier molecular flexibility index (Phi) is 6.93. The Morgan fingerprint density at radius 1 is 1.03 bits per heavy atom. The molecular weight excluding hydrogens is 450 g/mol. The van der Waals surface area contributed by atoms with Crippen molar-refractivity contribution in [1.29, 1.82) is 0 Å². The van der Waals surface area contributed by atoms with E-state index in [1.165, 1.54) is 30.4 Å². The summed E-state index contributed by atoms with van der Waals surface area (Å²) in [5, 5.41) is 13.1. The number of carboxylic acid groups (broad SMARTS) is 1. The van der Waals surface area contributed by atoms with Crippen LogP contribution < -0.4 is 5.32 Å². The predicted octanol–water partition coefficient (Wildman–Crippen LogP) is 4.90. The quantitative estimate of drug-likeness (QED) is 0.375. The molecule has 0 aliphatic carbocycles. The second kappa shape index (κ2) is 10.2. The van der Waals surface area contributed by atoms with Gasteiger partial charge in [-0.3, -0.25) is 4.79 Å². The standard InChI is InChI=1S/C25H23N5O3S/c1-16-10-11-26-23(12-16)29-22-5-3-4-20(28-22)21-13-27-24(34-21)15-30(17(2)31)14-18-6-8-19(9-7-18)25(32)33/h3-13H,14-15H2,1-2H3,(H,32,33)(H,26,28,29). The van der Waals surface area contributed by atoms with Gasteiger partial charge in [-0.05, 0) is 54.4 Å². The van der Waals surface area contributed by atoms with E-state index in [2.05, 4.69) is 20.3 Å². The van der Waals surface area contributed by atoms with Gasteiger partial charge in [-0.1, -0.05) is 18.2 Å². The van der Waals surface area contributed by atoms with E-state index >= 15 is 0 Å². The van der Waals surface area contributed by atoms with Gasteiger partial charge in [-0.25, -0.2) is 19.7 Å². The molecule has 3 heterocycles. The summed E-state index contributed by atoms with van der Waals surface area (Å²) in [5.74, 6) is 0.339. The molecule has 0 aliphatic rings. The highest BCUT2D eigenvalue weighted by molar-refractivity contribution is 7.15. The lowest BCUT2D eigenvalue weighted by atomic mass is 10.1. The van der Waals surface area contributed by atoms with E-state index in [1.54, 1.807) is 29.4 Å². The minimum atomic E-state index is -0.978. The maximum absolute atomic E-state index is 12.2. The Hall–Kier alpha value is -4.11. The van der Waals surface area contributed by atoms with Gasteiger partial charge >= 0.3 is 5.97 Å². The number of nitrogens with one attached hydrogen (secondary N) is 1. The molecule has 1 aromatic carbocycles. The van der Waals surface area contributed by atoms with Gasteiger partial charge in [-0.15, -0.1) is 11.3 Å². The summed E-state index contributed by atoms with van der Waals surface area (Å²) >= 11 is 1.48. The van der Waals surface area contributed by atoms with E-state index < -0.39 is 5.97 Å². The van der Waals surface area contributed by atoms with E-state index in [9.17, 15) is 9.59 Å². The summed E-state index contributed by atoms with van der Waals surface area (Å²) in [6.07, 6.45) is 3.51. The molecule has 0 saturated heterocycles. The lowest BCUT2D eigenvalue weighted by Crippen LogP contribution is -2.27. The van der Waals surface area contributed by atoms with E-state index in [0.29, 0.717) is 18.9 Å². The maximum atomic E-state index is 12.2. The fourth-order valence-electron chi connectivity index (χ4n) is 3.29. The monoisotopic (exact) mass is 473 g/mol. The lowest BCUT2D eigenvalue weighted by molar-refractivity contribution is -0.130. The van der Waals surface area contributed by atoms with E-state index in [0.717, 1.165) is 32.5 Å². The third-order valence-corrected chi connectivity index (χ3v) is 6.08. The number of aromatic nitrogens is 3. The molecule has 34 heavy (non-hydrogen) atoms. The number of nitrogens with zero attached hydrogens (tertiary/aromatic N) is 4. The van der Waals surface area contributed by atoms with Crippen molar-refractivity contribution in [3.63, 3.8) is 0 Å². The second-order valence-electron chi connectivity index (χ2n) is 7.75. The molecule has 1 amide bonds.